The van der Waals surface area contributed by atoms with Gasteiger partial charge in [-0.25, -0.2) is 4.85 Å². The fourth-order valence-electron chi connectivity index (χ4n) is 3.27. The highest BCUT2D eigenvalue weighted by atomic mass is 32.1. The van der Waals surface area contributed by atoms with E-state index in [1.165, 1.54) is 0 Å². The zero-order chi connectivity index (χ0) is 20.3. The van der Waals surface area contributed by atoms with Crippen LogP contribution in [0.3, 0.4) is 0 Å². The van der Waals surface area contributed by atoms with Gasteiger partial charge in [-0.2, -0.15) is 0 Å². The summed E-state index contributed by atoms with van der Waals surface area (Å²) in [5, 5.41) is 0.490. The van der Waals surface area contributed by atoms with Gasteiger partial charge in [0.05, 0.1) is 13.2 Å². The Kier molecular flexibility index (Phi) is 5.66. The van der Waals surface area contributed by atoms with Crippen LogP contribution >= 0.6 is 12.2 Å². The summed E-state index contributed by atoms with van der Waals surface area (Å²) < 4.78 is 5.75. The Labute approximate surface area is 171 Å². The molecule has 1 fully saturated rings. The lowest BCUT2D eigenvalue weighted by atomic mass is 10.0. The first-order valence-corrected chi connectivity index (χ1v) is 9.59. The monoisotopic (exact) mass is 393 g/mol. The third kappa shape index (κ3) is 3.71. The number of carbonyl (C=O) groups excluding carboxylic acids is 1. The van der Waals surface area contributed by atoms with Crippen molar-refractivity contribution >= 4 is 34.6 Å². The first kappa shape index (κ1) is 19.8. The molecule has 3 rings (SSSR count). The molecule has 0 N–H and O–H groups in total. The Morgan fingerprint density at radius 3 is 2.54 bits per heavy atom. The molecule has 28 heavy (non-hydrogen) atoms. The largest absolute Gasteiger partial charge is 0.494 e. The molecule has 2 aromatic carbocycles. The Morgan fingerprint density at radius 2 is 1.89 bits per heavy atom. The number of hydrogen-bond acceptors (Lipinski definition) is 3. The molecule has 0 aromatic heterocycles. The predicted molar refractivity (Wildman–Crippen MR) is 115 cm³/mol. The van der Waals surface area contributed by atoms with Crippen LogP contribution in [-0.2, 0) is 4.79 Å². The highest BCUT2D eigenvalue weighted by Crippen LogP contribution is 2.34. The number of carbonyl (C=O) groups is 1. The van der Waals surface area contributed by atoms with E-state index in [9.17, 15) is 4.79 Å². The van der Waals surface area contributed by atoms with Crippen molar-refractivity contribution in [1.29, 1.82) is 0 Å². The van der Waals surface area contributed by atoms with Crippen LogP contribution in [0.2, 0.25) is 0 Å². The number of benzene rings is 2. The maximum absolute atomic E-state index is 13.1. The van der Waals surface area contributed by atoms with Crippen LogP contribution in [0.1, 0.15) is 25.8 Å². The first-order chi connectivity index (χ1) is 13.4. The van der Waals surface area contributed by atoms with Crippen molar-refractivity contribution in [2.24, 2.45) is 0 Å². The molecule has 5 nitrogen and oxygen atoms in total. The Hall–Kier alpha value is -2.91. The lowest BCUT2D eigenvalue weighted by molar-refractivity contribution is -0.123. The normalized spacial score (nSPS) is 15.6. The number of thiocarbonyl (C=S) groups is 1. The van der Waals surface area contributed by atoms with Crippen LogP contribution in [-0.4, -0.2) is 34.6 Å². The molecule has 0 saturated carbocycles. The van der Waals surface area contributed by atoms with Gasteiger partial charge < -0.3 is 9.64 Å². The second kappa shape index (κ2) is 7.99. The molecule has 1 aliphatic heterocycles. The maximum Gasteiger partial charge on any atom is 0.258 e. The van der Waals surface area contributed by atoms with Gasteiger partial charge in [0.1, 0.15) is 11.3 Å². The Balaban J connectivity index is 1.71. The average Bonchev–Trinajstić information content (AvgIpc) is 2.85. The topological polar surface area (TPSA) is 37.1 Å². The first-order valence-electron chi connectivity index (χ1n) is 9.18. The third-order valence-electron chi connectivity index (χ3n) is 4.92. The number of para-hydroxylation sites is 1. The molecule has 0 unspecified atom stereocenters. The fraction of sp³-hybridized carbons (Fsp3) is 0.318. The van der Waals surface area contributed by atoms with Gasteiger partial charge in [-0.3, -0.25) is 9.69 Å². The fourth-order valence-corrected chi connectivity index (χ4v) is 3.78. The molecule has 2 aromatic rings. The van der Waals surface area contributed by atoms with E-state index in [1.807, 2.05) is 62.1 Å². The smallest absolute Gasteiger partial charge is 0.258 e. The number of hydrogen-bond donors (Lipinski definition) is 0. The quantitative estimate of drug-likeness (QED) is 0.404. The van der Waals surface area contributed by atoms with Crippen molar-refractivity contribution < 1.29 is 9.53 Å². The van der Waals surface area contributed by atoms with Gasteiger partial charge in [0.25, 0.3) is 5.91 Å². The summed E-state index contributed by atoms with van der Waals surface area (Å²) in [4.78, 5) is 20.1. The van der Waals surface area contributed by atoms with Gasteiger partial charge in [0.2, 0.25) is 0 Å². The van der Waals surface area contributed by atoms with Crippen LogP contribution in [0, 0.1) is 13.5 Å². The highest BCUT2D eigenvalue weighted by molar-refractivity contribution is 7.80. The van der Waals surface area contributed by atoms with E-state index in [0.29, 0.717) is 29.6 Å². The van der Waals surface area contributed by atoms with Gasteiger partial charge in [-0.1, -0.05) is 24.3 Å². The predicted octanol–water partition coefficient (Wildman–Crippen LogP) is 4.73. The molecule has 1 amide bonds. The van der Waals surface area contributed by atoms with Gasteiger partial charge in [-0.15, -0.1) is 0 Å². The zero-order valence-corrected chi connectivity index (χ0v) is 17.1. The molecule has 0 aliphatic carbocycles. The minimum atomic E-state index is -0.726. The van der Waals surface area contributed by atoms with E-state index in [2.05, 4.69) is 4.85 Å². The SMILES string of the molecule is [C-]#[N+]c1ccc(N2C(=O)C(C)(C)N(CCCOc3ccccc3)C2=S)cc1C. The number of nitrogens with zero attached hydrogens (tertiary/aromatic N) is 3. The van der Waals surface area contributed by atoms with Gasteiger partial charge in [-0.05, 0) is 69.2 Å². The maximum atomic E-state index is 13.1. The molecule has 0 radical (unpaired) electrons. The van der Waals surface area contributed by atoms with Crippen molar-refractivity contribution in [2.75, 3.05) is 18.1 Å². The summed E-state index contributed by atoms with van der Waals surface area (Å²) in [5.74, 6) is 0.773. The van der Waals surface area contributed by atoms with Crippen LogP contribution < -0.4 is 9.64 Å². The molecule has 6 heteroatoms. The average molecular weight is 394 g/mol. The number of amides is 1. The van der Waals surface area contributed by atoms with Crippen molar-refractivity contribution in [2.45, 2.75) is 32.7 Å². The summed E-state index contributed by atoms with van der Waals surface area (Å²) in [6.07, 6.45) is 0.745. The highest BCUT2D eigenvalue weighted by Gasteiger charge is 2.49. The molecule has 144 valence electrons. The van der Waals surface area contributed by atoms with E-state index in [1.54, 1.807) is 17.0 Å². The van der Waals surface area contributed by atoms with Gasteiger partial charge >= 0.3 is 0 Å². The summed E-state index contributed by atoms with van der Waals surface area (Å²) in [5.41, 5.74) is 1.39. The summed E-state index contributed by atoms with van der Waals surface area (Å²) in [6.45, 7) is 14.0. The lowest BCUT2D eigenvalue weighted by Crippen LogP contribution is -2.44. The number of aryl methyl sites for hydroxylation is 1. The van der Waals surface area contributed by atoms with Crippen LogP contribution in [0.4, 0.5) is 11.4 Å². The number of ether oxygens (including phenoxy) is 1. The molecule has 0 bridgehead atoms. The second-order valence-electron chi connectivity index (χ2n) is 7.23. The van der Waals surface area contributed by atoms with Gasteiger partial charge in [0, 0.05) is 12.2 Å². The molecular weight excluding hydrogens is 370 g/mol. The van der Waals surface area contributed by atoms with Crippen molar-refractivity contribution in [3.63, 3.8) is 0 Å². The zero-order valence-electron chi connectivity index (χ0n) is 16.3. The van der Waals surface area contributed by atoms with E-state index in [4.69, 9.17) is 23.5 Å². The second-order valence-corrected chi connectivity index (χ2v) is 7.60. The minimum Gasteiger partial charge on any atom is -0.494 e. The Bertz CT molecular complexity index is 935. The van der Waals surface area contributed by atoms with E-state index in [-0.39, 0.29) is 5.91 Å². The molecular formula is C22H23N3O2S. The molecule has 1 heterocycles. The summed E-state index contributed by atoms with van der Waals surface area (Å²) in [7, 11) is 0. The van der Waals surface area contributed by atoms with E-state index in [0.717, 1.165) is 17.7 Å². The summed E-state index contributed by atoms with van der Waals surface area (Å²) in [6, 6.07) is 15.0. The van der Waals surface area contributed by atoms with E-state index < -0.39 is 5.54 Å². The van der Waals surface area contributed by atoms with Crippen molar-refractivity contribution in [3.05, 3.63) is 65.5 Å². The van der Waals surface area contributed by atoms with Crippen LogP contribution in [0.5, 0.6) is 5.75 Å². The third-order valence-corrected chi connectivity index (χ3v) is 5.32. The summed E-state index contributed by atoms with van der Waals surface area (Å²) >= 11 is 5.65. The minimum absolute atomic E-state index is 0.0589. The lowest BCUT2D eigenvalue weighted by Gasteiger charge is -2.29. The molecule has 1 saturated heterocycles. The van der Waals surface area contributed by atoms with Crippen LogP contribution in [0.25, 0.3) is 4.85 Å². The molecule has 1 aliphatic rings. The van der Waals surface area contributed by atoms with Crippen molar-refractivity contribution in [3.8, 4) is 5.75 Å². The molecule has 0 atom stereocenters. The van der Waals surface area contributed by atoms with Gasteiger partial charge in [0.15, 0.2) is 10.8 Å². The standard InChI is InChI=1S/C22H23N3O2S/c1-16-15-17(11-12-19(16)23-4)25-20(26)22(2,3)24(21(25)28)13-8-14-27-18-9-6-5-7-10-18/h5-7,9-12,15H,8,13-14H2,1-3H3. The van der Waals surface area contributed by atoms with E-state index >= 15 is 0 Å². The molecule has 0 spiro atoms. The van der Waals surface area contributed by atoms with Crippen molar-refractivity contribution in [1.82, 2.24) is 4.90 Å². The Morgan fingerprint density at radius 1 is 1.18 bits per heavy atom. The number of rotatable bonds is 6. The van der Waals surface area contributed by atoms with Crippen LogP contribution in [0.15, 0.2) is 48.5 Å². The number of anilines is 1.